The SMILES string of the molecule is O=C(NC(c1ccc(Cl)cc1)c1cccc(-c2ccccc2)c1)c1cc(S(=O)(=O)N2CCCc3ccccc32)ccc1Cl. The van der Waals surface area contributed by atoms with Gasteiger partial charge in [-0.3, -0.25) is 9.10 Å². The number of sulfonamides is 1. The van der Waals surface area contributed by atoms with E-state index in [1.165, 1.54) is 22.5 Å². The standard InChI is InChI=1S/C35H28Cl2N2O3S/c36-29-17-15-26(16-18-29)34(28-12-6-11-27(22-28)24-8-2-1-3-9-24)38-35(40)31-23-30(19-20-32(31)37)43(41,42)39-21-7-13-25-10-4-5-14-33(25)39/h1-6,8-12,14-20,22-23,34H,7,13,21H2,(H,38,40). The van der Waals surface area contributed by atoms with Gasteiger partial charge in [0.05, 0.1) is 27.2 Å². The number of carbonyl (C=O) groups excluding carboxylic acids is 1. The van der Waals surface area contributed by atoms with E-state index < -0.39 is 22.0 Å². The lowest BCUT2D eigenvalue weighted by molar-refractivity contribution is 0.0943. The van der Waals surface area contributed by atoms with Crippen LogP contribution in [0.15, 0.2) is 126 Å². The summed E-state index contributed by atoms with van der Waals surface area (Å²) in [5, 5.41) is 3.84. The van der Waals surface area contributed by atoms with Crippen LogP contribution < -0.4 is 9.62 Å². The molecule has 6 rings (SSSR count). The first-order valence-electron chi connectivity index (χ1n) is 13.9. The summed E-state index contributed by atoms with van der Waals surface area (Å²) in [6, 6.07) is 36.4. The second kappa shape index (κ2) is 12.3. The quantitative estimate of drug-likeness (QED) is 0.197. The van der Waals surface area contributed by atoms with Crippen LogP contribution in [0.4, 0.5) is 5.69 Å². The van der Waals surface area contributed by atoms with Crippen LogP contribution in [0.5, 0.6) is 0 Å². The molecule has 1 heterocycles. The molecular weight excluding hydrogens is 599 g/mol. The molecule has 216 valence electrons. The van der Waals surface area contributed by atoms with Crippen molar-refractivity contribution in [3.63, 3.8) is 0 Å². The molecule has 0 aromatic heterocycles. The fourth-order valence-electron chi connectivity index (χ4n) is 5.47. The predicted molar refractivity (Wildman–Crippen MR) is 173 cm³/mol. The lowest BCUT2D eigenvalue weighted by Crippen LogP contribution is -2.35. The molecule has 0 saturated carbocycles. The lowest BCUT2D eigenvalue weighted by Gasteiger charge is -2.30. The van der Waals surface area contributed by atoms with Crippen molar-refractivity contribution in [1.82, 2.24) is 5.32 Å². The largest absolute Gasteiger partial charge is 0.341 e. The van der Waals surface area contributed by atoms with Crippen molar-refractivity contribution in [2.45, 2.75) is 23.8 Å². The molecule has 43 heavy (non-hydrogen) atoms. The summed E-state index contributed by atoms with van der Waals surface area (Å²) in [7, 11) is -3.94. The number of aryl methyl sites for hydroxylation is 1. The first-order valence-corrected chi connectivity index (χ1v) is 16.1. The minimum Gasteiger partial charge on any atom is -0.341 e. The van der Waals surface area contributed by atoms with Gasteiger partial charge in [0.2, 0.25) is 0 Å². The van der Waals surface area contributed by atoms with Crippen LogP contribution in [0.3, 0.4) is 0 Å². The highest BCUT2D eigenvalue weighted by atomic mass is 35.5. The third kappa shape index (κ3) is 6.04. The zero-order valence-corrected chi connectivity index (χ0v) is 25.4. The van der Waals surface area contributed by atoms with Gasteiger partial charge < -0.3 is 5.32 Å². The second-order valence-electron chi connectivity index (χ2n) is 10.4. The highest BCUT2D eigenvalue weighted by molar-refractivity contribution is 7.92. The van der Waals surface area contributed by atoms with E-state index in [1.807, 2.05) is 91.0 Å². The van der Waals surface area contributed by atoms with E-state index in [0.29, 0.717) is 23.7 Å². The molecule has 5 aromatic carbocycles. The molecule has 0 bridgehead atoms. The van der Waals surface area contributed by atoms with Crippen LogP contribution in [0.25, 0.3) is 11.1 Å². The van der Waals surface area contributed by atoms with Gasteiger partial charge in [-0.15, -0.1) is 0 Å². The molecule has 8 heteroatoms. The molecule has 0 spiro atoms. The zero-order chi connectivity index (χ0) is 30.0. The van der Waals surface area contributed by atoms with Gasteiger partial charge in [-0.05, 0) is 83.1 Å². The topological polar surface area (TPSA) is 66.5 Å². The molecule has 5 nitrogen and oxygen atoms in total. The van der Waals surface area contributed by atoms with Gasteiger partial charge in [0.25, 0.3) is 15.9 Å². The minimum atomic E-state index is -3.94. The number of hydrogen-bond donors (Lipinski definition) is 1. The van der Waals surface area contributed by atoms with Crippen molar-refractivity contribution in [2.24, 2.45) is 0 Å². The third-order valence-corrected chi connectivity index (χ3v) is 10.0. The summed E-state index contributed by atoms with van der Waals surface area (Å²) < 4.78 is 29.1. The molecule has 0 fully saturated rings. The summed E-state index contributed by atoms with van der Waals surface area (Å²) >= 11 is 12.7. The summed E-state index contributed by atoms with van der Waals surface area (Å²) in [4.78, 5) is 13.9. The molecule has 1 aliphatic rings. The number of nitrogens with one attached hydrogen (secondary N) is 1. The number of hydrogen-bond acceptors (Lipinski definition) is 3. The summed E-state index contributed by atoms with van der Waals surface area (Å²) in [5.74, 6) is -0.494. The Hall–Kier alpha value is -4.10. The van der Waals surface area contributed by atoms with Crippen LogP contribution >= 0.6 is 23.2 Å². The average Bonchev–Trinajstić information content (AvgIpc) is 3.04. The number of benzene rings is 5. The molecule has 1 aliphatic heterocycles. The summed E-state index contributed by atoms with van der Waals surface area (Å²) in [6.07, 6.45) is 1.52. The van der Waals surface area contributed by atoms with E-state index >= 15 is 0 Å². The van der Waals surface area contributed by atoms with Gasteiger partial charge in [0.15, 0.2) is 0 Å². The lowest BCUT2D eigenvalue weighted by atomic mass is 9.94. The smallest absolute Gasteiger partial charge is 0.264 e. The second-order valence-corrected chi connectivity index (χ2v) is 13.1. The fraction of sp³-hybridized carbons (Fsp3) is 0.114. The van der Waals surface area contributed by atoms with Crippen LogP contribution in [-0.4, -0.2) is 20.9 Å². The maximum Gasteiger partial charge on any atom is 0.264 e. The number of halogens is 2. The fourth-order valence-corrected chi connectivity index (χ4v) is 7.36. The molecule has 1 amide bonds. The maximum atomic E-state index is 13.9. The van der Waals surface area contributed by atoms with E-state index in [-0.39, 0.29) is 15.5 Å². The van der Waals surface area contributed by atoms with Gasteiger partial charge in [-0.1, -0.05) is 102 Å². The van der Waals surface area contributed by atoms with Crippen LogP contribution in [0.2, 0.25) is 10.0 Å². The van der Waals surface area contributed by atoms with E-state index in [0.717, 1.165) is 34.2 Å². The number of fused-ring (bicyclic) bond motifs is 1. The monoisotopic (exact) mass is 626 g/mol. The van der Waals surface area contributed by atoms with Crippen molar-refractivity contribution in [3.8, 4) is 11.1 Å². The number of anilines is 1. The average molecular weight is 628 g/mol. The maximum absolute atomic E-state index is 13.9. The van der Waals surface area contributed by atoms with Gasteiger partial charge in [0, 0.05) is 11.6 Å². The molecule has 1 atom stereocenters. The Balaban J connectivity index is 1.36. The van der Waals surface area contributed by atoms with Crippen molar-refractivity contribution >= 4 is 44.8 Å². The Morgan fingerprint density at radius 1 is 0.744 bits per heavy atom. The molecule has 1 N–H and O–H groups in total. The zero-order valence-electron chi connectivity index (χ0n) is 23.1. The van der Waals surface area contributed by atoms with Crippen LogP contribution in [0.1, 0.15) is 39.5 Å². The van der Waals surface area contributed by atoms with Crippen LogP contribution in [-0.2, 0) is 16.4 Å². The van der Waals surface area contributed by atoms with Crippen LogP contribution in [0, 0.1) is 0 Å². The van der Waals surface area contributed by atoms with Crippen molar-refractivity contribution < 1.29 is 13.2 Å². The Kier molecular flexibility index (Phi) is 8.26. The Morgan fingerprint density at radius 3 is 2.26 bits per heavy atom. The first kappa shape index (κ1) is 29.0. The number of carbonyl (C=O) groups is 1. The normalized spacial score (nSPS) is 13.7. The number of amides is 1. The molecule has 0 radical (unpaired) electrons. The van der Waals surface area contributed by atoms with Crippen molar-refractivity contribution in [2.75, 3.05) is 10.8 Å². The van der Waals surface area contributed by atoms with Crippen molar-refractivity contribution in [3.05, 3.63) is 154 Å². The van der Waals surface area contributed by atoms with Gasteiger partial charge >= 0.3 is 0 Å². The highest BCUT2D eigenvalue weighted by Gasteiger charge is 2.30. The van der Waals surface area contributed by atoms with Crippen molar-refractivity contribution in [1.29, 1.82) is 0 Å². The van der Waals surface area contributed by atoms with E-state index in [1.54, 1.807) is 12.1 Å². The van der Waals surface area contributed by atoms with E-state index in [9.17, 15) is 13.2 Å². The Bertz CT molecular complexity index is 1890. The highest BCUT2D eigenvalue weighted by Crippen LogP contribution is 2.34. The molecule has 0 saturated heterocycles. The minimum absolute atomic E-state index is 0.00729. The molecule has 1 unspecified atom stereocenters. The molecule has 5 aromatic rings. The Morgan fingerprint density at radius 2 is 1.47 bits per heavy atom. The van der Waals surface area contributed by atoms with E-state index in [4.69, 9.17) is 23.2 Å². The Labute approximate surface area is 261 Å². The van der Waals surface area contributed by atoms with E-state index in [2.05, 4.69) is 5.32 Å². The molecular formula is C35H28Cl2N2O3S. The molecule has 0 aliphatic carbocycles. The third-order valence-electron chi connectivity index (χ3n) is 7.64. The number of rotatable bonds is 7. The van der Waals surface area contributed by atoms with Gasteiger partial charge in [0.1, 0.15) is 0 Å². The number of nitrogens with zero attached hydrogens (tertiary/aromatic N) is 1. The predicted octanol–water partition coefficient (Wildman–Crippen LogP) is 8.32. The van der Waals surface area contributed by atoms with Gasteiger partial charge in [-0.25, -0.2) is 8.42 Å². The summed E-state index contributed by atoms with van der Waals surface area (Å²) in [5.41, 5.74) is 5.43. The van der Waals surface area contributed by atoms with Gasteiger partial charge in [-0.2, -0.15) is 0 Å². The number of para-hydroxylation sites is 1. The first-order chi connectivity index (χ1) is 20.8. The summed E-state index contributed by atoms with van der Waals surface area (Å²) in [6.45, 7) is 0.361.